The first-order chi connectivity index (χ1) is 10.8. The Kier molecular flexibility index (Phi) is 2.94. The molecule has 2 heterocycles. The van der Waals surface area contributed by atoms with Gasteiger partial charge in [-0.1, -0.05) is 36.4 Å². The van der Waals surface area contributed by atoms with Crippen molar-refractivity contribution < 1.29 is 5.11 Å². The van der Waals surface area contributed by atoms with Crippen molar-refractivity contribution in [1.82, 2.24) is 9.55 Å². The van der Waals surface area contributed by atoms with Crippen molar-refractivity contribution in [2.24, 2.45) is 7.05 Å². The summed E-state index contributed by atoms with van der Waals surface area (Å²) in [4.78, 5) is 4.79. The van der Waals surface area contributed by atoms with Gasteiger partial charge in [0.05, 0.1) is 17.8 Å². The third-order valence-corrected chi connectivity index (χ3v) is 4.15. The van der Waals surface area contributed by atoms with Crippen LogP contribution in [0.1, 0.15) is 5.56 Å². The van der Waals surface area contributed by atoms with Crippen LogP contribution in [0.4, 0.5) is 0 Å². The van der Waals surface area contributed by atoms with Gasteiger partial charge in [-0.05, 0) is 23.8 Å². The van der Waals surface area contributed by atoms with Crippen LogP contribution in [0.2, 0.25) is 0 Å². The number of pyridine rings is 1. The summed E-state index contributed by atoms with van der Waals surface area (Å²) >= 11 is 0. The maximum atomic E-state index is 9.69. The predicted molar refractivity (Wildman–Crippen MR) is 89.6 cm³/mol. The van der Waals surface area contributed by atoms with Gasteiger partial charge in [0, 0.05) is 35.1 Å². The van der Waals surface area contributed by atoms with E-state index in [9.17, 15) is 5.11 Å². The lowest BCUT2D eigenvalue weighted by atomic mass is 10.0. The van der Waals surface area contributed by atoms with Crippen molar-refractivity contribution in [2.45, 2.75) is 6.61 Å². The van der Waals surface area contributed by atoms with Crippen molar-refractivity contribution in [3.8, 4) is 11.3 Å². The third kappa shape index (κ3) is 1.90. The molecule has 0 fully saturated rings. The number of nitrogens with zero attached hydrogens (tertiary/aromatic N) is 2. The fraction of sp³-hybridized carbons (Fsp3) is 0.105. The molecule has 3 nitrogen and oxygen atoms in total. The van der Waals surface area contributed by atoms with Gasteiger partial charge >= 0.3 is 0 Å². The quantitative estimate of drug-likeness (QED) is 0.608. The summed E-state index contributed by atoms with van der Waals surface area (Å²) in [5.41, 5.74) is 5.00. The van der Waals surface area contributed by atoms with E-state index in [1.165, 1.54) is 10.9 Å². The van der Waals surface area contributed by atoms with E-state index >= 15 is 0 Å². The van der Waals surface area contributed by atoms with Crippen LogP contribution < -0.4 is 0 Å². The summed E-state index contributed by atoms with van der Waals surface area (Å²) in [6.45, 7) is 0.0147. The average molecular weight is 288 g/mol. The molecule has 0 unspecified atom stereocenters. The minimum atomic E-state index is 0.0147. The molecule has 4 rings (SSSR count). The molecule has 0 atom stereocenters. The molecule has 0 amide bonds. The van der Waals surface area contributed by atoms with Crippen LogP contribution in [0.5, 0.6) is 0 Å². The number of hydrogen-bond acceptors (Lipinski definition) is 2. The lowest BCUT2D eigenvalue weighted by molar-refractivity contribution is 0.283. The van der Waals surface area contributed by atoms with Crippen LogP contribution >= 0.6 is 0 Å². The van der Waals surface area contributed by atoms with E-state index in [1.807, 2.05) is 49.5 Å². The van der Waals surface area contributed by atoms with E-state index in [0.29, 0.717) is 0 Å². The first kappa shape index (κ1) is 13.0. The molecule has 0 bridgehead atoms. The number of aryl methyl sites for hydroxylation is 1. The Labute approximate surface area is 128 Å². The number of aromatic nitrogens is 2. The second-order valence-electron chi connectivity index (χ2n) is 5.51. The van der Waals surface area contributed by atoms with E-state index in [1.54, 1.807) is 0 Å². The molecule has 2 aromatic carbocycles. The summed E-state index contributed by atoms with van der Waals surface area (Å²) in [5.74, 6) is 0. The van der Waals surface area contributed by atoms with Crippen molar-refractivity contribution in [1.29, 1.82) is 0 Å². The standard InChI is InChI=1S/C19H16N2O/c1-21-11-16(15-7-3-5-9-19(15)21)18-10-13(12-22)14-6-2-4-8-17(14)20-18/h2-11,22H,12H2,1H3. The Morgan fingerprint density at radius 3 is 2.55 bits per heavy atom. The molecule has 2 aromatic heterocycles. The van der Waals surface area contributed by atoms with Gasteiger partial charge in [-0.25, -0.2) is 4.98 Å². The van der Waals surface area contributed by atoms with Crippen LogP contribution in [0.15, 0.2) is 60.8 Å². The number of aliphatic hydroxyl groups is 1. The Morgan fingerprint density at radius 2 is 1.73 bits per heavy atom. The van der Waals surface area contributed by atoms with Crippen LogP contribution in [0.3, 0.4) is 0 Å². The predicted octanol–water partition coefficient (Wildman–Crippen LogP) is 3.89. The number of hydrogen-bond donors (Lipinski definition) is 1. The molecule has 0 aliphatic rings. The summed E-state index contributed by atoms with van der Waals surface area (Å²) in [6, 6.07) is 18.2. The van der Waals surface area contributed by atoms with Crippen molar-refractivity contribution in [3.05, 3.63) is 66.4 Å². The molecule has 0 aliphatic carbocycles. The summed E-state index contributed by atoms with van der Waals surface area (Å²) in [6.07, 6.45) is 2.10. The Bertz CT molecular complexity index is 985. The summed E-state index contributed by atoms with van der Waals surface area (Å²) in [7, 11) is 2.04. The molecule has 0 spiro atoms. The molecule has 22 heavy (non-hydrogen) atoms. The molecule has 1 N–H and O–H groups in total. The lowest BCUT2D eigenvalue weighted by Gasteiger charge is -2.07. The van der Waals surface area contributed by atoms with E-state index in [2.05, 4.69) is 22.9 Å². The molecule has 108 valence electrons. The number of aliphatic hydroxyl groups excluding tert-OH is 1. The third-order valence-electron chi connectivity index (χ3n) is 4.15. The smallest absolute Gasteiger partial charge is 0.0734 e. The van der Waals surface area contributed by atoms with E-state index in [0.717, 1.165) is 27.7 Å². The highest BCUT2D eigenvalue weighted by Gasteiger charge is 2.12. The van der Waals surface area contributed by atoms with Crippen molar-refractivity contribution in [2.75, 3.05) is 0 Å². The van der Waals surface area contributed by atoms with Gasteiger partial charge < -0.3 is 9.67 Å². The van der Waals surface area contributed by atoms with Gasteiger partial charge in [0.25, 0.3) is 0 Å². The van der Waals surface area contributed by atoms with Gasteiger partial charge in [-0.15, -0.1) is 0 Å². The maximum absolute atomic E-state index is 9.69. The highest BCUT2D eigenvalue weighted by atomic mass is 16.3. The molecule has 4 aromatic rings. The maximum Gasteiger partial charge on any atom is 0.0734 e. The van der Waals surface area contributed by atoms with Gasteiger partial charge in [0.15, 0.2) is 0 Å². The van der Waals surface area contributed by atoms with Crippen LogP contribution in [-0.4, -0.2) is 14.7 Å². The zero-order valence-electron chi connectivity index (χ0n) is 12.3. The summed E-state index contributed by atoms with van der Waals surface area (Å²) < 4.78 is 2.11. The zero-order valence-corrected chi connectivity index (χ0v) is 12.3. The summed E-state index contributed by atoms with van der Waals surface area (Å²) in [5, 5.41) is 11.9. The molecule has 0 aliphatic heterocycles. The average Bonchev–Trinajstić information content (AvgIpc) is 2.91. The molecule has 0 radical (unpaired) electrons. The van der Waals surface area contributed by atoms with Gasteiger partial charge in [0.1, 0.15) is 0 Å². The molecule has 0 saturated carbocycles. The molecule has 3 heteroatoms. The fourth-order valence-corrected chi connectivity index (χ4v) is 3.06. The Hall–Kier alpha value is -2.65. The van der Waals surface area contributed by atoms with E-state index < -0.39 is 0 Å². The second kappa shape index (κ2) is 4.97. The molecular weight excluding hydrogens is 272 g/mol. The van der Waals surface area contributed by atoms with Crippen LogP contribution in [-0.2, 0) is 13.7 Å². The zero-order chi connectivity index (χ0) is 15.1. The SMILES string of the molecule is Cn1cc(-c2cc(CO)c3ccccc3n2)c2ccccc21. The van der Waals surface area contributed by atoms with Crippen molar-refractivity contribution in [3.63, 3.8) is 0 Å². The van der Waals surface area contributed by atoms with E-state index in [-0.39, 0.29) is 6.61 Å². The van der Waals surface area contributed by atoms with E-state index in [4.69, 9.17) is 4.98 Å². The van der Waals surface area contributed by atoms with Crippen molar-refractivity contribution >= 4 is 21.8 Å². The molecule has 0 saturated heterocycles. The molecular formula is C19H16N2O. The highest BCUT2D eigenvalue weighted by Crippen LogP contribution is 2.31. The number of benzene rings is 2. The fourth-order valence-electron chi connectivity index (χ4n) is 3.06. The first-order valence-corrected chi connectivity index (χ1v) is 7.32. The monoisotopic (exact) mass is 288 g/mol. The Morgan fingerprint density at radius 1 is 1.00 bits per heavy atom. The lowest BCUT2D eigenvalue weighted by Crippen LogP contribution is -1.92. The second-order valence-corrected chi connectivity index (χ2v) is 5.51. The first-order valence-electron chi connectivity index (χ1n) is 7.32. The Balaban J connectivity index is 2.04. The largest absolute Gasteiger partial charge is 0.392 e. The normalized spacial score (nSPS) is 11.4. The number of para-hydroxylation sites is 2. The van der Waals surface area contributed by atoms with Gasteiger partial charge in [0.2, 0.25) is 0 Å². The van der Waals surface area contributed by atoms with Crippen LogP contribution in [0.25, 0.3) is 33.1 Å². The highest BCUT2D eigenvalue weighted by molar-refractivity contribution is 5.96. The number of rotatable bonds is 2. The minimum Gasteiger partial charge on any atom is -0.392 e. The number of fused-ring (bicyclic) bond motifs is 2. The van der Waals surface area contributed by atoms with Gasteiger partial charge in [-0.3, -0.25) is 0 Å². The minimum absolute atomic E-state index is 0.0147. The van der Waals surface area contributed by atoms with Gasteiger partial charge in [-0.2, -0.15) is 0 Å². The topological polar surface area (TPSA) is 38.0 Å². The van der Waals surface area contributed by atoms with Crippen LogP contribution in [0, 0.1) is 0 Å².